The molecule has 29 heavy (non-hydrogen) atoms. The van der Waals surface area contributed by atoms with Gasteiger partial charge in [0, 0.05) is 0 Å². The highest BCUT2D eigenvalue weighted by Gasteiger charge is 2.13. The topological polar surface area (TPSA) is 37.3 Å². The first kappa shape index (κ1) is 17.2. The number of carbonyl (C=O) groups is 1. The van der Waals surface area contributed by atoms with E-state index in [0.29, 0.717) is 5.56 Å². The second-order valence-corrected chi connectivity index (χ2v) is 7.16. The lowest BCUT2D eigenvalue weighted by atomic mass is 9.91. The molecule has 2 nitrogen and oxygen atoms in total. The van der Waals surface area contributed by atoms with Gasteiger partial charge in [-0.2, -0.15) is 0 Å². The minimum absolute atomic E-state index is 0.265. The molecule has 2 heteroatoms. The van der Waals surface area contributed by atoms with Crippen molar-refractivity contribution in [3.05, 3.63) is 103 Å². The van der Waals surface area contributed by atoms with Crippen LogP contribution in [0.25, 0.3) is 49.5 Å². The molecule has 5 aromatic rings. The number of fused-ring (bicyclic) bond motifs is 5. The van der Waals surface area contributed by atoms with Crippen LogP contribution in [-0.4, -0.2) is 11.1 Å². The van der Waals surface area contributed by atoms with Gasteiger partial charge >= 0.3 is 5.97 Å². The third-order valence-electron chi connectivity index (χ3n) is 5.60. The second kappa shape index (κ2) is 6.61. The van der Waals surface area contributed by atoms with Gasteiger partial charge in [-0.25, -0.2) is 4.79 Å². The summed E-state index contributed by atoms with van der Waals surface area (Å²) < 4.78 is 0. The number of benzene rings is 5. The molecule has 1 N–H and O–H groups in total. The maximum atomic E-state index is 11.6. The minimum Gasteiger partial charge on any atom is -0.478 e. The Labute approximate surface area is 168 Å². The van der Waals surface area contributed by atoms with Gasteiger partial charge in [0.25, 0.3) is 0 Å². The van der Waals surface area contributed by atoms with E-state index in [2.05, 4.69) is 67.2 Å². The van der Waals surface area contributed by atoms with Gasteiger partial charge < -0.3 is 5.11 Å². The summed E-state index contributed by atoms with van der Waals surface area (Å²) >= 11 is 0. The highest BCUT2D eigenvalue weighted by molar-refractivity contribution is 6.17. The molecule has 0 fully saturated rings. The molecule has 0 bridgehead atoms. The van der Waals surface area contributed by atoms with Crippen LogP contribution < -0.4 is 0 Å². The van der Waals surface area contributed by atoms with Crippen molar-refractivity contribution in [2.75, 3.05) is 0 Å². The zero-order valence-electron chi connectivity index (χ0n) is 15.7. The Morgan fingerprint density at radius 2 is 1.41 bits per heavy atom. The lowest BCUT2D eigenvalue weighted by Gasteiger charge is -2.12. The number of aromatic carboxylic acids is 1. The molecule has 138 valence electrons. The van der Waals surface area contributed by atoms with E-state index < -0.39 is 5.97 Å². The van der Waals surface area contributed by atoms with Gasteiger partial charge in [-0.3, -0.25) is 0 Å². The number of carboxylic acids is 1. The normalized spacial score (nSPS) is 11.2. The first-order chi connectivity index (χ1) is 14.2. The van der Waals surface area contributed by atoms with Crippen molar-refractivity contribution in [1.82, 2.24) is 0 Å². The highest BCUT2D eigenvalue weighted by atomic mass is 16.4. The van der Waals surface area contributed by atoms with E-state index in [9.17, 15) is 9.90 Å². The van der Waals surface area contributed by atoms with E-state index in [1.54, 1.807) is 18.2 Å². The van der Waals surface area contributed by atoms with Crippen LogP contribution in [0.4, 0.5) is 0 Å². The van der Waals surface area contributed by atoms with Crippen LogP contribution in [0.15, 0.2) is 91.5 Å². The SMILES string of the molecule is C=Cc1c(C(=O)O)cccc1-c1ccc2ccc3c4ccccc4ccc3c2c1. The Morgan fingerprint density at radius 1 is 0.724 bits per heavy atom. The smallest absolute Gasteiger partial charge is 0.336 e. The van der Waals surface area contributed by atoms with Gasteiger partial charge in [-0.05, 0) is 61.1 Å². The van der Waals surface area contributed by atoms with Crippen LogP contribution in [0.3, 0.4) is 0 Å². The van der Waals surface area contributed by atoms with Crippen LogP contribution in [0.5, 0.6) is 0 Å². The lowest BCUT2D eigenvalue weighted by Crippen LogP contribution is -2.00. The maximum absolute atomic E-state index is 11.6. The molecular formula is C27H18O2. The van der Waals surface area contributed by atoms with E-state index in [1.165, 1.54) is 21.5 Å². The first-order valence-corrected chi connectivity index (χ1v) is 9.51. The quantitative estimate of drug-likeness (QED) is 0.340. The van der Waals surface area contributed by atoms with Crippen molar-refractivity contribution in [3.63, 3.8) is 0 Å². The molecule has 0 amide bonds. The second-order valence-electron chi connectivity index (χ2n) is 7.16. The van der Waals surface area contributed by atoms with Crippen LogP contribution in [-0.2, 0) is 0 Å². The largest absolute Gasteiger partial charge is 0.478 e. The molecule has 0 atom stereocenters. The third kappa shape index (κ3) is 2.69. The van der Waals surface area contributed by atoms with Gasteiger partial charge in [0.1, 0.15) is 0 Å². The molecule has 0 radical (unpaired) electrons. The zero-order valence-corrected chi connectivity index (χ0v) is 15.7. The van der Waals surface area contributed by atoms with Gasteiger partial charge in [0.15, 0.2) is 0 Å². The van der Waals surface area contributed by atoms with Crippen molar-refractivity contribution >= 4 is 44.4 Å². The Bertz CT molecular complexity index is 1440. The number of hydrogen-bond acceptors (Lipinski definition) is 1. The summed E-state index contributed by atoms with van der Waals surface area (Å²) in [6.07, 6.45) is 1.62. The van der Waals surface area contributed by atoms with Gasteiger partial charge in [-0.1, -0.05) is 85.5 Å². The minimum atomic E-state index is -0.945. The zero-order chi connectivity index (χ0) is 20.0. The van der Waals surface area contributed by atoms with E-state index in [0.717, 1.165) is 21.9 Å². The Hall–Kier alpha value is -3.91. The summed E-state index contributed by atoms with van der Waals surface area (Å²) in [6.45, 7) is 3.84. The summed E-state index contributed by atoms with van der Waals surface area (Å²) in [5.41, 5.74) is 2.77. The number of hydrogen-bond donors (Lipinski definition) is 1. The molecule has 0 heterocycles. The molecular weight excluding hydrogens is 356 g/mol. The molecule has 0 aliphatic carbocycles. The molecule has 5 rings (SSSR count). The fourth-order valence-electron chi connectivity index (χ4n) is 4.21. The average molecular weight is 374 g/mol. The van der Waals surface area contributed by atoms with Crippen LogP contribution in [0.1, 0.15) is 15.9 Å². The summed E-state index contributed by atoms with van der Waals surface area (Å²) in [4.78, 5) is 11.6. The Morgan fingerprint density at radius 3 is 2.17 bits per heavy atom. The van der Waals surface area contributed by atoms with Crippen LogP contribution in [0.2, 0.25) is 0 Å². The molecule has 0 aromatic heterocycles. The molecule has 5 aromatic carbocycles. The van der Waals surface area contributed by atoms with Crippen molar-refractivity contribution in [2.24, 2.45) is 0 Å². The third-order valence-corrected chi connectivity index (χ3v) is 5.60. The van der Waals surface area contributed by atoms with Crippen molar-refractivity contribution in [3.8, 4) is 11.1 Å². The highest BCUT2D eigenvalue weighted by Crippen LogP contribution is 2.35. The molecule has 0 spiro atoms. The van der Waals surface area contributed by atoms with Gasteiger partial charge in [-0.15, -0.1) is 0 Å². The molecule has 0 aliphatic heterocycles. The lowest BCUT2D eigenvalue weighted by molar-refractivity contribution is 0.0696. The fourth-order valence-corrected chi connectivity index (χ4v) is 4.21. The summed E-state index contributed by atoms with van der Waals surface area (Å²) in [5.74, 6) is -0.945. The average Bonchev–Trinajstić information content (AvgIpc) is 2.77. The van der Waals surface area contributed by atoms with Crippen LogP contribution in [0, 0.1) is 0 Å². The summed E-state index contributed by atoms with van der Waals surface area (Å²) in [5, 5.41) is 16.7. The van der Waals surface area contributed by atoms with Crippen LogP contribution >= 0.6 is 0 Å². The van der Waals surface area contributed by atoms with E-state index >= 15 is 0 Å². The maximum Gasteiger partial charge on any atom is 0.336 e. The van der Waals surface area contributed by atoms with Gasteiger partial charge in [0.2, 0.25) is 0 Å². The molecule has 0 unspecified atom stereocenters. The van der Waals surface area contributed by atoms with Gasteiger partial charge in [0.05, 0.1) is 5.56 Å². The van der Waals surface area contributed by atoms with Crippen molar-refractivity contribution in [2.45, 2.75) is 0 Å². The molecule has 0 saturated carbocycles. The number of rotatable bonds is 3. The monoisotopic (exact) mass is 374 g/mol. The number of carboxylic acid groups (broad SMARTS) is 1. The van der Waals surface area contributed by atoms with E-state index in [1.807, 2.05) is 12.1 Å². The van der Waals surface area contributed by atoms with Crippen molar-refractivity contribution in [1.29, 1.82) is 0 Å². The van der Waals surface area contributed by atoms with Crippen molar-refractivity contribution < 1.29 is 9.90 Å². The first-order valence-electron chi connectivity index (χ1n) is 9.51. The fraction of sp³-hybridized carbons (Fsp3) is 0. The van der Waals surface area contributed by atoms with E-state index in [-0.39, 0.29) is 5.56 Å². The molecule has 0 saturated heterocycles. The summed E-state index contributed by atoms with van der Waals surface area (Å²) in [7, 11) is 0. The standard InChI is InChI=1S/C27H18O2/c1-2-20-22(8-5-9-25(20)27(28)29)19-11-10-18-13-14-23-21-7-4-3-6-17(21)12-15-24(23)26(18)16-19/h2-16H,1H2,(H,28,29). The predicted molar refractivity (Wildman–Crippen MR) is 121 cm³/mol. The Kier molecular flexibility index (Phi) is 3.92. The summed E-state index contributed by atoms with van der Waals surface area (Å²) in [6, 6.07) is 28.7. The Balaban J connectivity index is 1.83. The van der Waals surface area contributed by atoms with E-state index in [4.69, 9.17) is 0 Å². The predicted octanol–water partition coefficient (Wildman–Crippen LogP) is 7.15. The molecule has 0 aliphatic rings.